The molecule has 0 heterocycles. The van der Waals surface area contributed by atoms with Gasteiger partial charge in [0.2, 0.25) is 0 Å². The highest BCUT2D eigenvalue weighted by Crippen LogP contribution is 2.28. The lowest BCUT2D eigenvalue weighted by Gasteiger charge is -2.19. The molecule has 3 nitrogen and oxygen atoms in total. The molecule has 1 aromatic rings. The van der Waals surface area contributed by atoms with Crippen LogP contribution in [0.5, 0.6) is 5.75 Å². The van der Waals surface area contributed by atoms with Crippen molar-refractivity contribution in [1.29, 1.82) is 5.26 Å². The molecular weight excluding hydrogens is 224 g/mol. The van der Waals surface area contributed by atoms with Crippen molar-refractivity contribution in [3.05, 3.63) is 28.8 Å². The van der Waals surface area contributed by atoms with Gasteiger partial charge in [-0.2, -0.15) is 5.26 Å². The number of hydrogen-bond donors (Lipinski definition) is 0. The van der Waals surface area contributed by atoms with E-state index in [9.17, 15) is 5.26 Å². The molecule has 1 unspecified atom stereocenters. The Labute approximate surface area is 110 Å². The summed E-state index contributed by atoms with van der Waals surface area (Å²) in [6.07, 6.45) is 0. The fourth-order valence-electron chi connectivity index (χ4n) is 2.07. The van der Waals surface area contributed by atoms with Crippen LogP contribution in [0.15, 0.2) is 12.1 Å². The van der Waals surface area contributed by atoms with Gasteiger partial charge in [0.25, 0.3) is 0 Å². The van der Waals surface area contributed by atoms with Crippen molar-refractivity contribution in [2.45, 2.75) is 26.7 Å². The van der Waals surface area contributed by atoms with Crippen LogP contribution in [0.25, 0.3) is 0 Å². The van der Waals surface area contributed by atoms with Crippen molar-refractivity contribution < 1.29 is 4.74 Å². The van der Waals surface area contributed by atoms with E-state index in [0.717, 1.165) is 29.0 Å². The minimum absolute atomic E-state index is 0.0885. The van der Waals surface area contributed by atoms with Crippen LogP contribution in [0, 0.1) is 25.2 Å². The van der Waals surface area contributed by atoms with Gasteiger partial charge in [-0.3, -0.25) is 0 Å². The minimum atomic E-state index is -0.0885. The first kappa shape index (κ1) is 14.5. The fraction of sp³-hybridized carbons (Fsp3) is 0.533. The Kier molecular flexibility index (Phi) is 5.18. The lowest BCUT2D eigenvalue weighted by Crippen LogP contribution is -2.20. The molecule has 0 aliphatic heterocycles. The van der Waals surface area contributed by atoms with Crippen molar-refractivity contribution in [2.24, 2.45) is 0 Å². The summed E-state index contributed by atoms with van der Waals surface area (Å²) >= 11 is 0. The largest absolute Gasteiger partial charge is 0.494 e. The van der Waals surface area contributed by atoms with Gasteiger partial charge >= 0.3 is 0 Å². The molecule has 0 amide bonds. The molecule has 0 aliphatic rings. The fourth-order valence-corrected chi connectivity index (χ4v) is 2.07. The Morgan fingerprint density at radius 2 is 1.94 bits per heavy atom. The van der Waals surface area contributed by atoms with E-state index in [2.05, 4.69) is 12.1 Å². The average molecular weight is 246 g/mol. The standard InChI is InChI=1S/C15H22N2O/c1-6-18-15-8-11(2)14(7-12(15)3)13(9-16)10-17(4)5/h7-8,13H,6,10H2,1-5H3. The minimum Gasteiger partial charge on any atom is -0.494 e. The van der Waals surface area contributed by atoms with Crippen molar-refractivity contribution in [3.8, 4) is 11.8 Å². The van der Waals surface area contributed by atoms with Gasteiger partial charge in [0.05, 0.1) is 18.6 Å². The maximum absolute atomic E-state index is 9.31. The quantitative estimate of drug-likeness (QED) is 0.801. The summed E-state index contributed by atoms with van der Waals surface area (Å²) in [6.45, 7) is 7.45. The zero-order valence-electron chi connectivity index (χ0n) is 11.9. The summed E-state index contributed by atoms with van der Waals surface area (Å²) in [5.41, 5.74) is 3.32. The first-order valence-corrected chi connectivity index (χ1v) is 6.27. The van der Waals surface area contributed by atoms with Gasteiger partial charge in [-0.25, -0.2) is 0 Å². The smallest absolute Gasteiger partial charge is 0.122 e. The third-order valence-electron chi connectivity index (χ3n) is 2.94. The Bertz CT molecular complexity index is 447. The second-order valence-corrected chi connectivity index (χ2v) is 4.85. The van der Waals surface area contributed by atoms with Crippen LogP contribution in [-0.4, -0.2) is 32.1 Å². The number of hydrogen-bond acceptors (Lipinski definition) is 3. The number of aryl methyl sites for hydroxylation is 2. The average Bonchev–Trinajstić information content (AvgIpc) is 2.30. The summed E-state index contributed by atoms with van der Waals surface area (Å²) in [6, 6.07) is 6.50. The zero-order chi connectivity index (χ0) is 13.7. The van der Waals surface area contributed by atoms with Crippen LogP contribution in [0.1, 0.15) is 29.5 Å². The molecule has 0 saturated carbocycles. The van der Waals surface area contributed by atoms with Crippen LogP contribution in [0.4, 0.5) is 0 Å². The third-order valence-corrected chi connectivity index (χ3v) is 2.94. The van der Waals surface area contributed by atoms with Crippen molar-refractivity contribution in [3.63, 3.8) is 0 Å². The molecule has 0 aliphatic carbocycles. The Morgan fingerprint density at radius 3 is 2.44 bits per heavy atom. The van der Waals surface area contributed by atoms with Crippen molar-refractivity contribution in [1.82, 2.24) is 4.90 Å². The molecule has 1 atom stereocenters. The topological polar surface area (TPSA) is 36.3 Å². The molecule has 0 radical (unpaired) electrons. The molecule has 1 rings (SSSR count). The molecule has 0 spiro atoms. The summed E-state index contributed by atoms with van der Waals surface area (Å²) < 4.78 is 5.57. The van der Waals surface area contributed by atoms with Gasteiger partial charge in [-0.15, -0.1) is 0 Å². The van der Waals surface area contributed by atoms with Gasteiger partial charge in [0.1, 0.15) is 5.75 Å². The van der Waals surface area contributed by atoms with E-state index in [1.807, 2.05) is 45.8 Å². The van der Waals surface area contributed by atoms with Crippen LogP contribution in [-0.2, 0) is 0 Å². The van der Waals surface area contributed by atoms with Crippen molar-refractivity contribution >= 4 is 0 Å². The maximum atomic E-state index is 9.31. The molecule has 0 saturated heterocycles. The second-order valence-electron chi connectivity index (χ2n) is 4.85. The first-order valence-electron chi connectivity index (χ1n) is 6.27. The summed E-state index contributed by atoms with van der Waals surface area (Å²) in [5, 5.41) is 9.31. The highest BCUT2D eigenvalue weighted by Gasteiger charge is 2.16. The van der Waals surface area contributed by atoms with E-state index in [4.69, 9.17) is 4.74 Å². The van der Waals surface area contributed by atoms with Gasteiger partial charge in [0, 0.05) is 6.54 Å². The highest BCUT2D eigenvalue weighted by atomic mass is 16.5. The number of nitrogens with zero attached hydrogens (tertiary/aromatic N) is 2. The monoisotopic (exact) mass is 246 g/mol. The summed E-state index contributed by atoms with van der Waals surface area (Å²) in [4.78, 5) is 2.04. The second kappa shape index (κ2) is 6.42. The number of likely N-dealkylation sites (N-methyl/N-ethyl adjacent to an activating group) is 1. The lowest BCUT2D eigenvalue weighted by atomic mass is 9.93. The number of benzene rings is 1. The molecule has 98 valence electrons. The zero-order valence-corrected chi connectivity index (χ0v) is 11.9. The van der Waals surface area contributed by atoms with E-state index in [0.29, 0.717) is 6.61 Å². The van der Waals surface area contributed by atoms with E-state index in [-0.39, 0.29) is 5.92 Å². The predicted molar refractivity (Wildman–Crippen MR) is 74.0 cm³/mol. The molecule has 0 N–H and O–H groups in total. The molecule has 0 aromatic heterocycles. The van der Waals surface area contributed by atoms with Gasteiger partial charge in [0.15, 0.2) is 0 Å². The van der Waals surface area contributed by atoms with E-state index in [1.54, 1.807) is 0 Å². The lowest BCUT2D eigenvalue weighted by molar-refractivity contribution is 0.337. The number of rotatable bonds is 5. The van der Waals surface area contributed by atoms with Gasteiger partial charge in [-0.1, -0.05) is 6.07 Å². The van der Waals surface area contributed by atoms with Crippen LogP contribution in [0.2, 0.25) is 0 Å². The first-order chi connectivity index (χ1) is 8.49. The van der Waals surface area contributed by atoms with Crippen LogP contribution in [0.3, 0.4) is 0 Å². The van der Waals surface area contributed by atoms with Crippen LogP contribution < -0.4 is 4.74 Å². The van der Waals surface area contributed by atoms with E-state index >= 15 is 0 Å². The molecular formula is C15H22N2O. The maximum Gasteiger partial charge on any atom is 0.122 e. The van der Waals surface area contributed by atoms with Crippen molar-refractivity contribution in [2.75, 3.05) is 27.2 Å². The number of ether oxygens (including phenoxy) is 1. The Morgan fingerprint density at radius 1 is 1.28 bits per heavy atom. The molecule has 0 fully saturated rings. The van der Waals surface area contributed by atoms with E-state index in [1.165, 1.54) is 0 Å². The highest BCUT2D eigenvalue weighted by molar-refractivity contribution is 5.44. The molecule has 0 bridgehead atoms. The molecule has 3 heteroatoms. The Balaban J connectivity index is 3.10. The summed E-state index contributed by atoms with van der Waals surface area (Å²) in [7, 11) is 3.97. The molecule has 18 heavy (non-hydrogen) atoms. The SMILES string of the molecule is CCOc1cc(C)c(C(C#N)CN(C)C)cc1C. The number of nitriles is 1. The van der Waals surface area contributed by atoms with Gasteiger partial charge < -0.3 is 9.64 Å². The normalized spacial score (nSPS) is 12.3. The third kappa shape index (κ3) is 3.48. The Hall–Kier alpha value is -1.53. The summed E-state index contributed by atoms with van der Waals surface area (Å²) in [5.74, 6) is 0.828. The predicted octanol–water partition coefficient (Wildman–Crippen LogP) is 2.87. The van der Waals surface area contributed by atoms with E-state index < -0.39 is 0 Å². The molecule has 1 aromatic carbocycles. The van der Waals surface area contributed by atoms with Gasteiger partial charge in [-0.05, 0) is 57.6 Å². The van der Waals surface area contributed by atoms with Crippen LogP contribution >= 0.6 is 0 Å².